The fraction of sp³-hybridized carbons (Fsp3) is 0.500. The number of fused-ring (bicyclic) bond motifs is 1. The molecule has 0 aliphatic heterocycles. The SMILES string of the molecule is Cc1nn(C)c2nc(CN)cc(C(C)C)c12. The summed E-state index contributed by atoms with van der Waals surface area (Å²) in [6, 6.07) is 2.10. The molecule has 2 heterocycles. The molecule has 4 heteroatoms. The van der Waals surface area contributed by atoms with Gasteiger partial charge in [-0.15, -0.1) is 0 Å². The Morgan fingerprint density at radius 3 is 2.69 bits per heavy atom. The predicted octanol–water partition coefficient (Wildman–Crippen LogP) is 1.86. The van der Waals surface area contributed by atoms with E-state index in [4.69, 9.17) is 5.73 Å². The number of hydrogen-bond donors (Lipinski definition) is 1. The van der Waals surface area contributed by atoms with Gasteiger partial charge >= 0.3 is 0 Å². The minimum atomic E-state index is 0.457. The Morgan fingerprint density at radius 2 is 2.12 bits per heavy atom. The highest BCUT2D eigenvalue weighted by Gasteiger charge is 2.14. The number of aryl methyl sites for hydroxylation is 2. The largest absolute Gasteiger partial charge is 0.325 e. The maximum absolute atomic E-state index is 5.67. The number of aromatic nitrogens is 3. The third kappa shape index (κ3) is 1.59. The van der Waals surface area contributed by atoms with Gasteiger partial charge in [0, 0.05) is 19.0 Å². The molecule has 16 heavy (non-hydrogen) atoms. The molecule has 0 fully saturated rings. The summed E-state index contributed by atoms with van der Waals surface area (Å²) in [5, 5.41) is 5.60. The molecule has 86 valence electrons. The van der Waals surface area contributed by atoms with Crippen LogP contribution in [-0.4, -0.2) is 14.8 Å². The molecule has 0 saturated carbocycles. The van der Waals surface area contributed by atoms with Crippen LogP contribution in [0.15, 0.2) is 6.07 Å². The third-order valence-electron chi connectivity index (χ3n) is 2.88. The zero-order valence-corrected chi connectivity index (χ0v) is 10.3. The minimum Gasteiger partial charge on any atom is -0.325 e. The van der Waals surface area contributed by atoms with Crippen molar-refractivity contribution >= 4 is 11.0 Å². The van der Waals surface area contributed by atoms with Crippen LogP contribution < -0.4 is 5.73 Å². The predicted molar refractivity (Wildman–Crippen MR) is 65.2 cm³/mol. The van der Waals surface area contributed by atoms with Gasteiger partial charge in [-0.05, 0) is 24.5 Å². The van der Waals surface area contributed by atoms with Crippen LogP contribution in [0.25, 0.3) is 11.0 Å². The van der Waals surface area contributed by atoms with Gasteiger partial charge in [-0.1, -0.05) is 13.8 Å². The fourth-order valence-electron chi connectivity index (χ4n) is 2.09. The molecule has 0 amide bonds. The second kappa shape index (κ2) is 3.87. The second-order valence-electron chi connectivity index (χ2n) is 4.47. The van der Waals surface area contributed by atoms with Crippen molar-refractivity contribution in [3.05, 3.63) is 23.0 Å². The van der Waals surface area contributed by atoms with E-state index in [1.807, 2.05) is 18.7 Å². The third-order valence-corrected chi connectivity index (χ3v) is 2.88. The van der Waals surface area contributed by atoms with Crippen LogP contribution in [0.5, 0.6) is 0 Å². The van der Waals surface area contributed by atoms with Crippen molar-refractivity contribution in [3.63, 3.8) is 0 Å². The standard InChI is InChI=1S/C12H18N4/c1-7(2)10-5-9(6-13)14-12-11(10)8(3)15-16(12)4/h5,7H,6,13H2,1-4H3. The summed E-state index contributed by atoms with van der Waals surface area (Å²) in [6.07, 6.45) is 0. The van der Waals surface area contributed by atoms with Crippen molar-refractivity contribution in [3.8, 4) is 0 Å². The van der Waals surface area contributed by atoms with Crippen molar-refractivity contribution < 1.29 is 0 Å². The highest BCUT2D eigenvalue weighted by Crippen LogP contribution is 2.27. The molecule has 0 spiro atoms. The maximum atomic E-state index is 5.67. The van der Waals surface area contributed by atoms with Gasteiger partial charge in [0.15, 0.2) is 5.65 Å². The Morgan fingerprint density at radius 1 is 1.44 bits per heavy atom. The number of rotatable bonds is 2. The van der Waals surface area contributed by atoms with E-state index in [1.165, 1.54) is 10.9 Å². The summed E-state index contributed by atoms with van der Waals surface area (Å²) in [6.45, 7) is 6.86. The molecule has 0 bridgehead atoms. The molecule has 0 radical (unpaired) electrons. The molecule has 0 saturated heterocycles. The summed E-state index contributed by atoms with van der Waals surface area (Å²) in [4.78, 5) is 4.53. The van der Waals surface area contributed by atoms with Gasteiger partial charge in [0.05, 0.1) is 11.4 Å². The zero-order valence-electron chi connectivity index (χ0n) is 10.3. The van der Waals surface area contributed by atoms with Crippen molar-refractivity contribution in [2.45, 2.75) is 33.2 Å². The van der Waals surface area contributed by atoms with Crippen molar-refractivity contribution in [2.24, 2.45) is 12.8 Å². The lowest BCUT2D eigenvalue weighted by molar-refractivity contribution is 0.770. The average molecular weight is 218 g/mol. The summed E-state index contributed by atoms with van der Waals surface area (Å²) < 4.78 is 1.83. The Labute approximate surface area is 95.5 Å². The number of nitrogens with two attached hydrogens (primary N) is 1. The molecule has 2 N–H and O–H groups in total. The van der Waals surface area contributed by atoms with Crippen molar-refractivity contribution in [2.75, 3.05) is 0 Å². The van der Waals surface area contributed by atoms with E-state index in [0.29, 0.717) is 12.5 Å². The van der Waals surface area contributed by atoms with Crippen molar-refractivity contribution in [1.82, 2.24) is 14.8 Å². The highest BCUT2D eigenvalue weighted by molar-refractivity contribution is 5.82. The summed E-state index contributed by atoms with van der Waals surface area (Å²) in [5.74, 6) is 0.457. The smallest absolute Gasteiger partial charge is 0.158 e. The van der Waals surface area contributed by atoms with E-state index in [0.717, 1.165) is 17.0 Å². The Balaban J connectivity index is 2.84. The van der Waals surface area contributed by atoms with Gasteiger partial charge in [-0.2, -0.15) is 5.10 Å². The number of pyridine rings is 1. The van der Waals surface area contributed by atoms with Gasteiger partial charge < -0.3 is 5.73 Å². The van der Waals surface area contributed by atoms with E-state index >= 15 is 0 Å². The molecule has 2 aromatic heterocycles. The minimum absolute atomic E-state index is 0.457. The topological polar surface area (TPSA) is 56.7 Å². The molecular formula is C12H18N4. The summed E-state index contributed by atoms with van der Waals surface area (Å²) >= 11 is 0. The van der Waals surface area contributed by atoms with Crippen molar-refractivity contribution in [1.29, 1.82) is 0 Å². The Bertz CT molecular complexity index is 525. The molecular weight excluding hydrogens is 200 g/mol. The molecule has 2 rings (SSSR count). The van der Waals surface area contributed by atoms with Gasteiger partial charge in [-0.3, -0.25) is 4.68 Å². The van der Waals surface area contributed by atoms with Crippen LogP contribution in [0.3, 0.4) is 0 Å². The van der Waals surface area contributed by atoms with Gasteiger partial charge in [-0.25, -0.2) is 4.98 Å². The van der Waals surface area contributed by atoms with Crippen LogP contribution in [0, 0.1) is 6.92 Å². The van der Waals surface area contributed by atoms with Gasteiger partial charge in [0.25, 0.3) is 0 Å². The molecule has 2 aromatic rings. The number of nitrogens with zero attached hydrogens (tertiary/aromatic N) is 3. The molecule has 0 aliphatic rings. The highest BCUT2D eigenvalue weighted by atomic mass is 15.3. The lowest BCUT2D eigenvalue weighted by Gasteiger charge is -2.09. The second-order valence-corrected chi connectivity index (χ2v) is 4.47. The molecule has 0 atom stereocenters. The first kappa shape index (κ1) is 11.1. The lowest BCUT2D eigenvalue weighted by atomic mass is 9.99. The molecule has 0 unspecified atom stereocenters. The first-order valence-electron chi connectivity index (χ1n) is 5.57. The molecule has 4 nitrogen and oxygen atoms in total. The van der Waals surface area contributed by atoms with Gasteiger partial charge in [0.1, 0.15) is 0 Å². The van der Waals surface area contributed by atoms with Crippen LogP contribution >= 0.6 is 0 Å². The zero-order chi connectivity index (χ0) is 11.9. The molecule has 0 aliphatic carbocycles. The fourth-order valence-corrected chi connectivity index (χ4v) is 2.09. The summed E-state index contributed by atoms with van der Waals surface area (Å²) in [7, 11) is 1.92. The van der Waals surface area contributed by atoms with Crippen LogP contribution in [-0.2, 0) is 13.6 Å². The average Bonchev–Trinajstić information content (AvgIpc) is 2.53. The maximum Gasteiger partial charge on any atom is 0.158 e. The first-order valence-corrected chi connectivity index (χ1v) is 5.57. The summed E-state index contributed by atoms with van der Waals surface area (Å²) in [5.41, 5.74) is 9.87. The van der Waals surface area contributed by atoms with Gasteiger partial charge in [0.2, 0.25) is 0 Å². The van der Waals surface area contributed by atoms with E-state index in [1.54, 1.807) is 0 Å². The monoisotopic (exact) mass is 218 g/mol. The van der Waals surface area contributed by atoms with E-state index in [2.05, 4.69) is 30.0 Å². The lowest BCUT2D eigenvalue weighted by Crippen LogP contribution is -2.04. The Hall–Kier alpha value is -1.42. The van der Waals surface area contributed by atoms with E-state index in [9.17, 15) is 0 Å². The van der Waals surface area contributed by atoms with Crippen LogP contribution in [0.1, 0.15) is 36.7 Å². The number of hydrogen-bond acceptors (Lipinski definition) is 3. The first-order chi connectivity index (χ1) is 7.54. The van der Waals surface area contributed by atoms with Crippen LogP contribution in [0.4, 0.5) is 0 Å². The van der Waals surface area contributed by atoms with Crippen LogP contribution in [0.2, 0.25) is 0 Å². The normalized spacial score (nSPS) is 11.6. The van der Waals surface area contributed by atoms with E-state index < -0.39 is 0 Å². The quantitative estimate of drug-likeness (QED) is 0.837. The Kier molecular flexibility index (Phi) is 2.68. The van der Waals surface area contributed by atoms with E-state index in [-0.39, 0.29) is 0 Å². The molecule has 0 aromatic carbocycles.